The van der Waals surface area contributed by atoms with Crippen LogP contribution in [0.4, 0.5) is 5.69 Å². The summed E-state index contributed by atoms with van der Waals surface area (Å²) in [6.07, 6.45) is 15.4. The molecule has 3 N–H and O–H groups in total. The first-order chi connectivity index (χ1) is 13.2. The first kappa shape index (κ1) is 19.7. The number of aromatic nitrogens is 1. The Bertz CT molecular complexity index is 766. The zero-order valence-corrected chi connectivity index (χ0v) is 16.7. The number of allylic oxidation sites excluding steroid dienone is 1. The van der Waals surface area contributed by atoms with E-state index in [9.17, 15) is 0 Å². The van der Waals surface area contributed by atoms with Gasteiger partial charge in [-0.2, -0.15) is 0 Å². The summed E-state index contributed by atoms with van der Waals surface area (Å²) in [4.78, 5) is 4.67. The molecule has 4 nitrogen and oxygen atoms in total. The van der Waals surface area contributed by atoms with E-state index in [4.69, 9.17) is 10.5 Å². The molecule has 1 saturated carbocycles. The Kier molecular flexibility index (Phi) is 7.11. The maximum Gasteiger partial charge on any atom is 0.121 e. The summed E-state index contributed by atoms with van der Waals surface area (Å²) in [6, 6.07) is 6.58. The lowest BCUT2D eigenvalue weighted by Crippen LogP contribution is -2.17. The highest BCUT2D eigenvalue weighted by molar-refractivity contribution is 5.97. The summed E-state index contributed by atoms with van der Waals surface area (Å²) in [7, 11) is 1.72. The summed E-state index contributed by atoms with van der Waals surface area (Å²) >= 11 is 0. The van der Waals surface area contributed by atoms with Crippen LogP contribution in [-0.2, 0) is 0 Å². The standard InChI is InChI=1S/C23H33N3O/c1-17(7-6-13-24)26-22-16-20(27-2)15-21-19(12-14-25-23(21)22)11-10-18-8-4-3-5-9-18/h10-12,14-18,26H,3-9,13,24H2,1-2H3/b11-10+. The van der Waals surface area contributed by atoms with Gasteiger partial charge in [0.25, 0.3) is 0 Å². The van der Waals surface area contributed by atoms with E-state index < -0.39 is 0 Å². The van der Waals surface area contributed by atoms with Gasteiger partial charge in [0.15, 0.2) is 0 Å². The molecule has 0 amide bonds. The zero-order chi connectivity index (χ0) is 19.1. The molecular weight excluding hydrogens is 334 g/mol. The lowest BCUT2D eigenvalue weighted by Gasteiger charge is -2.19. The van der Waals surface area contributed by atoms with Crippen LogP contribution in [0.15, 0.2) is 30.5 Å². The van der Waals surface area contributed by atoms with Crippen LogP contribution in [0.2, 0.25) is 0 Å². The first-order valence-corrected chi connectivity index (χ1v) is 10.3. The third kappa shape index (κ3) is 5.23. The number of ether oxygens (including phenoxy) is 1. The maximum absolute atomic E-state index is 5.65. The van der Waals surface area contributed by atoms with Crippen LogP contribution >= 0.6 is 0 Å². The molecule has 1 unspecified atom stereocenters. The van der Waals surface area contributed by atoms with Crippen molar-refractivity contribution < 1.29 is 4.74 Å². The summed E-state index contributed by atoms with van der Waals surface area (Å²) in [5.41, 5.74) is 8.89. The van der Waals surface area contributed by atoms with Gasteiger partial charge in [-0.1, -0.05) is 31.4 Å². The molecule has 0 radical (unpaired) electrons. The molecule has 1 aromatic carbocycles. The van der Waals surface area contributed by atoms with Crippen LogP contribution in [0.3, 0.4) is 0 Å². The molecule has 1 fully saturated rings. The smallest absolute Gasteiger partial charge is 0.121 e. The number of nitrogens with one attached hydrogen (secondary N) is 1. The van der Waals surface area contributed by atoms with Crippen molar-refractivity contribution in [2.24, 2.45) is 11.7 Å². The summed E-state index contributed by atoms with van der Waals surface area (Å²) < 4.78 is 5.56. The van der Waals surface area contributed by atoms with Crippen LogP contribution < -0.4 is 15.8 Å². The average molecular weight is 368 g/mol. The molecule has 0 aliphatic heterocycles. The molecule has 1 aliphatic carbocycles. The van der Waals surface area contributed by atoms with Gasteiger partial charge in [-0.25, -0.2) is 0 Å². The third-order valence-electron chi connectivity index (χ3n) is 5.53. The number of hydrogen-bond donors (Lipinski definition) is 2. The predicted octanol–water partition coefficient (Wildman–Crippen LogP) is 5.38. The van der Waals surface area contributed by atoms with Crippen molar-refractivity contribution in [3.8, 4) is 5.75 Å². The molecule has 1 heterocycles. The Morgan fingerprint density at radius 1 is 1.30 bits per heavy atom. The monoisotopic (exact) mass is 367 g/mol. The van der Waals surface area contributed by atoms with Gasteiger partial charge in [0.05, 0.1) is 18.3 Å². The number of pyridine rings is 1. The molecule has 1 aromatic heterocycles. The number of nitrogens with zero attached hydrogens (tertiary/aromatic N) is 1. The van der Waals surface area contributed by atoms with Gasteiger partial charge < -0.3 is 15.8 Å². The largest absolute Gasteiger partial charge is 0.497 e. The minimum atomic E-state index is 0.340. The molecule has 1 aliphatic rings. The lowest BCUT2D eigenvalue weighted by atomic mass is 9.88. The Labute approximate surface area is 163 Å². The highest BCUT2D eigenvalue weighted by Crippen LogP contribution is 2.32. The number of nitrogens with two attached hydrogens (primary N) is 1. The van der Waals surface area contributed by atoms with Gasteiger partial charge in [-0.05, 0) is 62.8 Å². The van der Waals surface area contributed by atoms with Crippen LogP contribution in [0.25, 0.3) is 17.0 Å². The quantitative estimate of drug-likeness (QED) is 0.658. The fraction of sp³-hybridized carbons (Fsp3) is 0.522. The van der Waals surface area contributed by atoms with Crippen molar-refractivity contribution in [1.29, 1.82) is 0 Å². The zero-order valence-electron chi connectivity index (χ0n) is 16.7. The van der Waals surface area contributed by atoms with E-state index >= 15 is 0 Å². The van der Waals surface area contributed by atoms with Crippen molar-refractivity contribution in [3.05, 3.63) is 36.0 Å². The average Bonchev–Trinajstić information content (AvgIpc) is 2.71. The highest BCUT2D eigenvalue weighted by atomic mass is 16.5. The predicted molar refractivity (Wildman–Crippen MR) is 115 cm³/mol. The second-order valence-electron chi connectivity index (χ2n) is 7.70. The van der Waals surface area contributed by atoms with Crippen molar-refractivity contribution >= 4 is 22.7 Å². The molecule has 4 heteroatoms. The van der Waals surface area contributed by atoms with E-state index in [1.165, 1.54) is 37.7 Å². The fourth-order valence-electron chi connectivity index (χ4n) is 3.95. The normalized spacial score (nSPS) is 16.7. The molecule has 0 spiro atoms. The second-order valence-corrected chi connectivity index (χ2v) is 7.70. The topological polar surface area (TPSA) is 60.2 Å². The molecule has 3 rings (SSSR count). The molecule has 0 saturated heterocycles. The Balaban J connectivity index is 1.91. The minimum absolute atomic E-state index is 0.340. The van der Waals surface area contributed by atoms with Crippen LogP contribution in [-0.4, -0.2) is 24.7 Å². The van der Waals surface area contributed by atoms with Crippen molar-refractivity contribution in [1.82, 2.24) is 4.98 Å². The van der Waals surface area contributed by atoms with Crippen molar-refractivity contribution in [3.63, 3.8) is 0 Å². The summed E-state index contributed by atoms with van der Waals surface area (Å²) in [5, 5.41) is 4.74. The molecule has 0 bridgehead atoms. The molecule has 146 valence electrons. The van der Waals surface area contributed by atoms with Crippen molar-refractivity contribution in [2.75, 3.05) is 19.0 Å². The van der Waals surface area contributed by atoms with Gasteiger partial charge >= 0.3 is 0 Å². The van der Waals surface area contributed by atoms with Gasteiger partial charge in [0.2, 0.25) is 0 Å². The molecule has 27 heavy (non-hydrogen) atoms. The number of benzene rings is 1. The van der Waals surface area contributed by atoms with E-state index in [2.05, 4.69) is 41.5 Å². The van der Waals surface area contributed by atoms with Crippen LogP contribution in [0, 0.1) is 5.92 Å². The SMILES string of the molecule is COc1cc(NC(C)CCCN)c2nccc(/C=C/C3CCCCC3)c2c1. The minimum Gasteiger partial charge on any atom is -0.497 e. The van der Waals surface area contributed by atoms with E-state index in [0.29, 0.717) is 12.0 Å². The van der Waals surface area contributed by atoms with Gasteiger partial charge in [-0.15, -0.1) is 0 Å². The van der Waals surface area contributed by atoms with E-state index in [0.717, 1.165) is 41.7 Å². The molecular formula is C23H33N3O. The summed E-state index contributed by atoms with van der Waals surface area (Å²) in [5.74, 6) is 1.57. The van der Waals surface area contributed by atoms with E-state index in [-0.39, 0.29) is 0 Å². The third-order valence-corrected chi connectivity index (χ3v) is 5.53. The molecule has 1 atom stereocenters. The summed E-state index contributed by atoms with van der Waals surface area (Å²) in [6.45, 7) is 2.91. The highest BCUT2D eigenvalue weighted by Gasteiger charge is 2.13. The lowest BCUT2D eigenvalue weighted by molar-refractivity contribution is 0.415. The number of methoxy groups -OCH3 is 1. The maximum atomic E-state index is 5.65. The molecule has 2 aromatic rings. The van der Waals surface area contributed by atoms with Gasteiger partial charge in [-0.3, -0.25) is 4.98 Å². The Morgan fingerprint density at radius 2 is 2.11 bits per heavy atom. The van der Waals surface area contributed by atoms with Crippen LogP contribution in [0.5, 0.6) is 5.75 Å². The number of anilines is 1. The number of rotatable bonds is 8. The first-order valence-electron chi connectivity index (χ1n) is 10.3. The Morgan fingerprint density at radius 3 is 2.85 bits per heavy atom. The van der Waals surface area contributed by atoms with E-state index in [1.54, 1.807) is 7.11 Å². The second kappa shape index (κ2) is 9.75. The Hall–Kier alpha value is -2.07. The fourth-order valence-corrected chi connectivity index (χ4v) is 3.95. The van der Waals surface area contributed by atoms with Gasteiger partial charge in [0, 0.05) is 23.7 Å². The van der Waals surface area contributed by atoms with Gasteiger partial charge in [0.1, 0.15) is 5.75 Å². The van der Waals surface area contributed by atoms with Crippen LogP contribution in [0.1, 0.15) is 57.4 Å². The number of fused-ring (bicyclic) bond motifs is 1. The van der Waals surface area contributed by atoms with Crippen molar-refractivity contribution in [2.45, 2.75) is 57.9 Å². The van der Waals surface area contributed by atoms with E-state index in [1.807, 2.05) is 12.3 Å². The number of hydrogen-bond acceptors (Lipinski definition) is 4.